The van der Waals surface area contributed by atoms with E-state index in [2.05, 4.69) is 5.32 Å². The van der Waals surface area contributed by atoms with E-state index in [-0.39, 0.29) is 5.91 Å². The largest absolute Gasteiger partial charge is 0.455 e. The Bertz CT molecular complexity index is 381. The third-order valence-electron chi connectivity index (χ3n) is 2.75. The molecular formula is C12H19N3O2. The van der Waals surface area contributed by atoms with Gasteiger partial charge in [-0.15, -0.1) is 0 Å². The number of carbonyl (C=O) groups is 1. The number of piperazine rings is 1. The molecule has 5 nitrogen and oxygen atoms in total. The summed E-state index contributed by atoms with van der Waals surface area (Å²) in [7, 11) is 3.95. The summed E-state index contributed by atoms with van der Waals surface area (Å²) in [5.41, 5.74) is 0. The molecule has 1 aliphatic heterocycles. The van der Waals surface area contributed by atoms with Crippen molar-refractivity contribution in [1.82, 2.24) is 15.1 Å². The fourth-order valence-corrected chi connectivity index (χ4v) is 1.91. The number of nitrogens with zero attached hydrogens (tertiary/aromatic N) is 2. The van der Waals surface area contributed by atoms with Gasteiger partial charge in [-0.1, -0.05) is 0 Å². The van der Waals surface area contributed by atoms with Gasteiger partial charge in [0.1, 0.15) is 5.76 Å². The average Bonchev–Trinajstić information content (AvgIpc) is 2.77. The summed E-state index contributed by atoms with van der Waals surface area (Å²) in [6.45, 7) is 3.94. The molecule has 2 heterocycles. The monoisotopic (exact) mass is 237 g/mol. The first-order valence-electron chi connectivity index (χ1n) is 5.90. The molecule has 0 unspecified atom stereocenters. The Balaban J connectivity index is 2.01. The lowest BCUT2D eigenvalue weighted by Gasteiger charge is -2.26. The number of hydrogen-bond donors (Lipinski definition) is 1. The van der Waals surface area contributed by atoms with Crippen molar-refractivity contribution >= 4 is 5.91 Å². The van der Waals surface area contributed by atoms with E-state index < -0.39 is 0 Å². The zero-order valence-corrected chi connectivity index (χ0v) is 10.4. The minimum atomic E-state index is -0.00324. The van der Waals surface area contributed by atoms with Gasteiger partial charge in [0.15, 0.2) is 5.76 Å². The van der Waals surface area contributed by atoms with Crippen LogP contribution in [0.5, 0.6) is 0 Å². The van der Waals surface area contributed by atoms with Crippen molar-refractivity contribution in [3.63, 3.8) is 0 Å². The molecule has 0 bridgehead atoms. The number of hydrogen-bond acceptors (Lipinski definition) is 4. The summed E-state index contributed by atoms with van der Waals surface area (Å²) < 4.78 is 5.56. The first-order chi connectivity index (χ1) is 8.16. The molecule has 1 aromatic heterocycles. The van der Waals surface area contributed by atoms with Gasteiger partial charge in [0.2, 0.25) is 0 Å². The maximum Gasteiger partial charge on any atom is 0.289 e. The van der Waals surface area contributed by atoms with Gasteiger partial charge >= 0.3 is 0 Å². The van der Waals surface area contributed by atoms with Gasteiger partial charge in [0.05, 0.1) is 6.54 Å². The fourth-order valence-electron chi connectivity index (χ4n) is 1.91. The van der Waals surface area contributed by atoms with Crippen LogP contribution in [0.3, 0.4) is 0 Å². The Morgan fingerprint density at radius 2 is 2.12 bits per heavy atom. The van der Waals surface area contributed by atoms with Gasteiger partial charge in [-0.05, 0) is 26.2 Å². The summed E-state index contributed by atoms with van der Waals surface area (Å²) in [5.74, 6) is 1.27. The van der Waals surface area contributed by atoms with Gasteiger partial charge in [-0.25, -0.2) is 0 Å². The Morgan fingerprint density at radius 3 is 2.76 bits per heavy atom. The fraction of sp³-hybridized carbons (Fsp3) is 0.583. The molecule has 0 atom stereocenters. The molecule has 2 rings (SSSR count). The van der Waals surface area contributed by atoms with Crippen LogP contribution in [0.25, 0.3) is 0 Å². The summed E-state index contributed by atoms with van der Waals surface area (Å²) in [6, 6.07) is 3.64. The zero-order chi connectivity index (χ0) is 12.3. The number of furan rings is 1. The SMILES string of the molecule is CN(C)Cc1ccc(C(=O)N2CCNCC2)o1. The predicted octanol–water partition coefficient (Wildman–Crippen LogP) is 0.387. The van der Waals surface area contributed by atoms with Crippen LogP contribution in [0.4, 0.5) is 0 Å². The van der Waals surface area contributed by atoms with E-state index in [1.807, 2.05) is 30.0 Å². The molecule has 5 heteroatoms. The lowest BCUT2D eigenvalue weighted by atomic mass is 10.3. The summed E-state index contributed by atoms with van der Waals surface area (Å²) in [5, 5.41) is 3.22. The van der Waals surface area contributed by atoms with Crippen LogP contribution in [0.2, 0.25) is 0 Å². The second-order valence-electron chi connectivity index (χ2n) is 4.55. The molecule has 0 saturated carbocycles. The highest BCUT2D eigenvalue weighted by molar-refractivity contribution is 5.91. The van der Waals surface area contributed by atoms with E-state index in [4.69, 9.17) is 4.42 Å². The topological polar surface area (TPSA) is 48.7 Å². The van der Waals surface area contributed by atoms with E-state index in [1.54, 1.807) is 6.07 Å². The van der Waals surface area contributed by atoms with Crippen molar-refractivity contribution in [2.24, 2.45) is 0 Å². The molecule has 94 valence electrons. The molecule has 0 aliphatic carbocycles. The summed E-state index contributed by atoms with van der Waals surface area (Å²) >= 11 is 0. The van der Waals surface area contributed by atoms with Crippen LogP contribution in [0.15, 0.2) is 16.5 Å². The maximum atomic E-state index is 12.1. The minimum Gasteiger partial charge on any atom is -0.455 e. The van der Waals surface area contributed by atoms with E-state index in [0.717, 1.165) is 38.5 Å². The second kappa shape index (κ2) is 5.33. The van der Waals surface area contributed by atoms with Crippen molar-refractivity contribution in [2.75, 3.05) is 40.3 Å². The second-order valence-corrected chi connectivity index (χ2v) is 4.55. The molecule has 0 radical (unpaired) electrons. The smallest absolute Gasteiger partial charge is 0.289 e. The lowest BCUT2D eigenvalue weighted by molar-refractivity contribution is 0.0700. The molecule has 1 N–H and O–H groups in total. The van der Waals surface area contributed by atoms with Gasteiger partial charge < -0.3 is 19.5 Å². The molecule has 1 aromatic rings. The number of rotatable bonds is 3. The van der Waals surface area contributed by atoms with Crippen LogP contribution in [-0.2, 0) is 6.54 Å². The molecular weight excluding hydrogens is 218 g/mol. The number of amides is 1. The normalized spacial score (nSPS) is 16.5. The average molecular weight is 237 g/mol. The quantitative estimate of drug-likeness (QED) is 0.826. The van der Waals surface area contributed by atoms with E-state index in [1.165, 1.54) is 0 Å². The first kappa shape index (κ1) is 12.1. The zero-order valence-electron chi connectivity index (χ0n) is 10.4. The Morgan fingerprint density at radius 1 is 1.41 bits per heavy atom. The standard InChI is InChI=1S/C12H19N3O2/c1-14(2)9-10-3-4-11(17-10)12(16)15-7-5-13-6-8-15/h3-4,13H,5-9H2,1-2H3. The number of carbonyl (C=O) groups excluding carboxylic acids is 1. The first-order valence-corrected chi connectivity index (χ1v) is 5.90. The number of nitrogens with one attached hydrogen (secondary N) is 1. The Labute approximate surface area is 101 Å². The molecule has 0 spiro atoms. The van der Waals surface area contributed by atoms with Crippen LogP contribution in [0, 0.1) is 0 Å². The van der Waals surface area contributed by atoms with Gasteiger partial charge in [0.25, 0.3) is 5.91 Å². The van der Waals surface area contributed by atoms with Crippen molar-refractivity contribution in [3.8, 4) is 0 Å². The van der Waals surface area contributed by atoms with Crippen molar-refractivity contribution in [1.29, 1.82) is 0 Å². The molecule has 1 saturated heterocycles. The predicted molar refractivity (Wildman–Crippen MR) is 64.9 cm³/mol. The maximum absolute atomic E-state index is 12.1. The van der Waals surface area contributed by atoms with Gasteiger partial charge in [-0.2, -0.15) is 0 Å². The van der Waals surface area contributed by atoms with Crippen LogP contribution >= 0.6 is 0 Å². The van der Waals surface area contributed by atoms with Gasteiger partial charge in [-0.3, -0.25) is 4.79 Å². The summed E-state index contributed by atoms with van der Waals surface area (Å²) in [4.78, 5) is 15.9. The van der Waals surface area contributed by atoms with Crippen molar-refractivity contribution in [2.45, 2.75) is 6.54 Å². The Kier molecular flexibility index (Phi) is 3.81. The lowest BCUT2D eigenvalue weighted by Crippen LogP contribution is -2.46. The van der Waals surface area contributed by atoms with E-state index in [0.29, 0.717) is 5.76 Å². The van der Waals surface area contributed by atoms with E-state index >= 15 is 0 Å². The Hall–Kier alpha value is -1.33. The van der Waals surface area contributed by atoms with Crippen LogP contribution in [0.1, 0.15) is 16.3 Å². The van der Waals surface area contributed by atoms with E-state index in [9.17, 15) is 4.79 Å². The third kappa shape index (κ3) is 3.08. The summed E-state index contributed by atoms with van der Waals surface area (Å²) in [6.07, 6.45) is 0. The molecule has 1 fully saturated rings. The minimum absolute atomic E-state index is 0.00324. The van der Waals surface area contributed by atoms with Crippen LogP contribution < -0.4 is 5.32 Å². The van der Waals surface area contributed by atoms with Gasteiger partial charge in [0, 0.05) is 26.2 Å². The molecule has 1 aliphatic rings. The molecule has 1 amide bonds. The molecule has 0 aromatic carbocycles. The van der Waals surface area contributed by atoms with Crippen molar-refractivity contribution < 1.29 is 9.21 Å². The molecule has 17 heavy (non-hydrogen) atoms. The third-order valence-corrected chi connectivity index (χ3v) is 2.75. The van der Waals surface area contributed by atoms with Crippen molar-refractivity contribution in [3.05, 3.63) is 23.7 Å². The highest BCUT2D eigenvalue weighted by Gasteiger charge is 2.20. The van der Waals surface area contributed by atoms with Crippen LogP contribution in [-0.4, -0.2) is 56.0 Å². The highest BCUT2D eigenvalue weighted by atomic mass is 16.4. The highest BCUT2D eigenvalue weighted by Crippen LogP contribution is 2.12.